The van der Waals surface area contributed by atoms with Crippen molar-refractivity contribution in [3.05, 3.63) is 64.7 Å². The van der Waals surface area contributed by atoms with E-state index in [0.717, 1.165) is 24.0 Å². The molecule has 0 aliphatic heterocycles. The van der Waals surface area contributed by atoms with Gasteiger partial charge in [0.1, 0.15) is 0 Å². The molecule has 0 spiro atoms. The highest BCUT2D eigenvalue weighted by atomic mass is 35.5. The first kappa shape index (κ1) is 13.6. The molecular weight excluding hydrogens is 294 g/mol. The van der Waals surface area contributed by atoms with Crippen LogP contribution in [0.1, 0.15) is 23.6 Å². The summed E-state index contributed by atoms with van der Waals surface area (Å²) in [6.45, 7) is 0. The fraction of sp³-hybridized carbons (Fsp3) is 0.200. The molecular formula is C15H14ClNO2S. The van der Waals surface area contributed by atoms with Crippen molar-refractivity contribution in [2.45, 2.75) is 23.8 Å². The predicted molar refractivity (Wildman–Crippen MR) is 79.3 cm³/mol. The molecule has 0 radical (unpaired) electrons. The molecule has 0 heterocycles. The molecule has 104 valence electrons. The maximum atomic E-state index is 12.3. The van der Waals surface area contributed by atoms with Gasteiger partial charge in [-0.25, -0.2) is 13.1 Å². The average molecular weight is 308 g/mol. The Morgan fingerprint density at radius 1 is 1.10 bits per heavy atom. The largest absolute Gasteiger partial charge is 0.241 e. The Hall–Kier alpha value is -1.36. The van der Waals surface area contributed by atoms with E-state index >= 15 is 0 Å². The lowest BCUT2D eigenvalue weighted by Gasteiger charge is -2.14. The summed E-state index contributed by atoms with van der Waals surface area (Å²) in [7, 11) is -3.48. The number of aryl methyl sites for hydroxylation is 1. The molecule has 0 amide bonds. The second kappa shape index (κ2) is 5.20. The first-order valence-corrected chi connectivity index (χ1v) is 8.28. The van der Waals surface area contributed by atoms with Crippen molar-refractivity contribution in [1.29, 1.82) is 0 Å². The van der Waals surface area contributed by atoms with Gasteiger partial charge in [0.15, 0.2) is 0 Å². The van der Waals surface area contributed by atoms with Crippen LogP contribution in [0.2, 0.25) is 5.02 Å². The van der Waals surface area contributed by atoms with E-state index in [1.165, 1.54) is 0 Å². The van der Waals surface area contributed by atoms with Crippen LogP contribution in [0.4, 0.5) is 0 Å². The topological polar surface area (TPSA) is 46.2 Å². The van der Waals surface area contributed by atoms with E-state index in [1.54, 1.807) is 36.4 Å². The minimum atomic E-state index is -3.48. The monoisotopic (exact) mass is 307 g/mol. The van der Waals surface area contributed by atoms with E-state index in [2.05, 4.69) is 4.72 Å². The number of hydrogen-bond donors (Lipinski definition) is 1. The van der Waals surface area contributed by atoms with Crippen molar-refractivity contribution in [1.82, 2.24) is 4.72 Å². The number of benzene rings is 2. The number of hydrogen-bond acceptors (Lipinski definition) is 2. The van der Waals surface area contributed by atoms with Crippen molar-refractivity contribution in [2.75, 3.05) is 0 Å². The predicted octanol–water partition coefficient (Wildman–Crippen LogP) is 3.31. The molecule has 1 N–H and O–H groups in total. The van der Waals surface area contributed by atoms with Crippen molar-refractivity contribution in [3.8, 4) is 0 Å². The van der Waals surface area contributed by atoms with Gasteiger partial charge in [0, 0.05) is 11.1 Å². The summed E-state index contributed by atoms with van der Waals surface area (Å²) in [6, 6.07) is 13.9. The van der Waals surface area contributed by atoms with Crippen LogP contribution in [0.15, 0.2) is 53.4 Å². The van der Waals surface area contributed by atoms with Gasteiger partial charge >= 0.3 is 0 Å². The summed E-state index contributed by atoms with van der Waals surface area (Å²) in [6.07, 6.45) is 1.61. The Balaban J connectivity index is 1.88. The molecule has 1 aliphatic carbocycles. The highest BCUT2D eigenvalue weighted by molar-refractivity contribution is 7.89. The summed E-state index contributed by atoms with van der Waals surface area (Å²) < 4.78 is 27.4. The summed E-state index contributed by atoms with van der Waals surface area (Å²) in [5, 5.41) is 0.690. The standard InChI is InChI=1S/C15H14ClNO2S/c16-12-7-8-14-11(10-12)6-9-15(14)17-20(18,19)13-4-2-1-3-5-13/h1-5,7-8,10,15,17H,6,9H2. The van der Waals surface area contributed by atoms with Gasteiger partial charge in [-0.1, -0.05) is 35.9 Å². The molecule has 0 saturated heterocycles. The van der Waals surface area contributed by atoms with Crippen LogP contribution >= 0.6 is 11.6 Å². The molecule has 2 aromatic rings. The molecule has 20 heavy (non-hydrogen) atoms. The van der Waals surface area contributed by atoms with Crippen LogP contribution in [0.25, 0.3) is 0 Å². The van der Waals surface area contributed by atoms with Crippen molar-refractivity contribution in [3.63, 3.8) is 0 Å². The van der Waals surface area contributed by atoms with Crippen LogP contribution in [-0.2, 0) is 16.4 Å². The third-order valence-electron chi connectivity index (χ3n) is 3.53. The van der Waals surface area contributed by atoms with E-state index in [9.17, 15) is 8.42 Å². The Labute approximate surface area is 123 Å². The van der Waals surface area contributed by atoms with E-state index in [0.29, 0.717) is 9.92 Å². The van der Waals surface area contributed by atoms with Crippen LogP contribution in [0.5, 0.6) is 0 Å². The SMILES string of the molecule is O=S(=O)(NC1CCc2cc(Cl)ccc21)c1ccccc1. The molecule has 3 rings (SSSR count). The molecule has 1 aliphatic rings. The Morgan fingerprint density at radius 3 is 2.60 bits per heavy atom. The summed E-state index contributed by atoms with van der Waals surface area (Å²) >= 11 is 5.96. The number of halogens is 1. The van der Waals surface area contributed by atoms with Gasteiger partial charge in [0.2, 0.25) is 10.0 Å². The number of rotatable bonds is 3. The molecule has 0 fully saturated rings. The maximum Gasteiger partial charge on any atom is 0.241 e. The molecule has 0 aromatic heterocycles. The second-order valence-corrected chi connectivity index (χ2v) is 7.02. The van der Waals surface area contributed by atoms with Gasteiger partial charge in [-0.05, 0) is 48.2 Å². The average Bonchev–Trinajstić information content (AvgIpc) is 2.81. The van der Waals surface area contributed by atoms with Gasteiger partial charge in [-0.2, -0.15) is 0 Å². The summed E-state index contributed by atoms with van der Waals surface area (Å²) in [5.41, 5.74) is 2.15. The zero-order valence-corrected chi connectivity index (χ0v) is 12.3. The normalized spacial score (nSPS) is 17.9. The van der Waals surface area contributed by atoms with E-state index < -0.39 is 10.0 Å². The summed E-state index contributed by atoms with van der Waals surface area (Å²) in [4.78, 5) is 0.294. The van der Waals surface area contributed by atoms with E-state index in [-0.39, 0.29) is 6.04 Å². The summed E-state index contributed by atoms with van der Waals surface area (Å²) in [5.74, 6) is 0. The van der Waals surface area contributed by atoms with E-state index in [1.807, 2.05) is 12.1 Å². The zero-order chi connectivity index (χ0) is 14.2. The van der Waals surface area contributed by atoms with Crippen LogP contribution < -0.4 is 4.72 Å². The van der Waals surface area contributed by atoms with Crippen molar-refractivity contribution < 1.29 is 8.42 Å². The lowest BCUT2D eigenvalue weighted by molar-refractivity contribution is 0.554. The lowest BCUT2D eigenvalue weighted by Crippen LogP contribution is -2.27. The highest BCUT2D eigenvalue weighted by Crippen LogP contribution is 2.33. The Bertz CT molecular complexity index is 729. The third kappa shape index (κ3) is 2.59. The minimum absolute atomic E-state index is 0.174. The lowest BCUT2D eigenvalue weighted by atomic mass is 10.1. The number of nitrogens with one attached hydrogen (secondary N) is 1. The molecule has 0 bridgehead atoms. The van der Waals surface area contributed by atoms with Crippen LogP contribution in [0.3, 0.4) is 0 Å². The molecule has 0 saturated carbocycles. The van der Waals surface area contributed by atoms with Gasteiger partial charge in [-0.3, -0.25) is 0 Å². The van der Waals surface area contributed by atoms with Crippen LogP contribution in [0, 0.1) is 0 Å². The maximum absolute atomic E-state index is 12.3. The van der Waals surface area contributed by atoms with Gasteiger partial charge in [-0.15, -0.1) is 0 Å². The van der Waals surface area contributed by atoms with Gasteiger partial charge < -0.3 is 0 Å². The Morgan fingerprint density at radius 2 is 1.85 bits per heavy atom. The molecule has 3 nitrogen and oxygen atoms in total. The van der Waals surface area contributed by atoms with Crippen molar-refractivity contribution >= 4 is 21.6 Å². The molecule has 1 atom stereocenters. The second-order valence-electron chi connectivity index (χ2n) is 4.87. The number of sulfonamides is 1. The number of fused-ring (bicyclic) bond motifs is 1. The first-order valence-electron chi connectivity index (χ1n) is 6.42. The van der Waals surface area contributed by atoms with Crippen LogP contribution in [-0.4, -0.2) is 8.42 Å². The smallest absolute Gasteiger partial charge is 0.207 e. The molecule has 5 heteroatoms. The zero-order valence-electron chi connectivity index (χ0n) is 10.7. The minimum Gasteiger partial charge on any atom is -0.207 e. The van der Waals surface area contributed by atoms with Crippen molar-refractivity contribution in [2.24, 2.45) is 0 Å². The quantitative estimate of drug-likeness (QED) is 0.945. The fourth-order valence-corrected chi connectivity index (χ4v) is 4.03. The fourth-order valence-electron chi connectivity index (χ4n) is 2.56. The Kier molecular flexibility index (Phi) is 3.54. The first-order chi connectivity index (χ1) is 9.56. The van der Waals surface area contributed by atoms with Gasteiger partial charge in [0.25, 0.3) is 0 Å². The molecule has 2 aromatic carbocycles. The highest BCUT2D eigenvalue weighted by Gasteiger charge is 2.27. The van der Waals surface area contributed by atoms with Gasteiger partial charge in [0.05, 0.1) is 4.90 Å². The van der Waals surface area contributed by atoms with E-state index in [4.69, 9.17) is 11.6 Å². The third-order valence-corrected chi connectivity index (χ3v) is 5.26. The molecule has 1 unspecified atom stereocenters.